The van der Waals surface area contributed by atoms with Gasteiger partial charge in [0.05, 0.1) is 0 Å². The van der Waals surface area contributed by atoms with Gasteiger partial charge in [-0.3, -0.25) is 4.90 Å². The van der Waals surface area contributed by atoms with Gasteiger partial charge < -0.3 is 5.32 Å². The van der Waals surface area contributed by atoms with Crippen molar-refractivity contribution >= 4 is 17.1 Å². The van der Waals surface area contributed by atoms with Crippen molar-refractivity contribution in [3.63, 3.8) is 0 Å². The molecule has 1 atom stereocenters. The van der Waals surface area contributed by atoms with Gasteiger partial charge in [-0.1, -0.05) is 12.2 Å². The molecule has 1 fully saturated rings. The maximum absolute atomic E-state index is 5.16. The van der Waals surface area contributed by atoms with E-state index in [0.717, 1.165) is 19.5 Å². The average Bonchev–Trinajstić information content (AvgIpc) is 2.33. The van der Waals surface area contributed by atoms with Crippen LogP contribution in [0.15, 0.2) is 0 Å². The normalized spacial score (nSPS) is 24.4. The Morgan fingerprint density at radius 3 is 2.54 bits per heavy atom. The third-order valence-corrected chi connectivity index (χ3v) is 3.01. The molecule has 0 aromatic carbocycles. The monoisotopic (exact) mass is 200 g/mol. The van der Waals surface area contributed by atoms with E-state index in [-0.39, 0.29) is 5.54 Å². The molecule has 1 unspecified atom stereocenters. The van der Waals surface area contributed by atoms with E-state index in [1.807, 2.05) is 0 Å². The molecule has 0 saturated carbocycles. The third-order valence-electron chi connectivity index (χ3n) is 2.70. The van der Waals surface area contributed by atoms with E-state index in [4.69, 9.17) is 12.2 Å². The SMILES string of the molecule is CN(CC1CC(=S)CN1)C(C)(C)C. The Balaban J connectivity index is 2.37. The molecule has 3 heteroatoms. The highest BCUT2D eigenvalue weighted by Crippen LogP contribution is 2.13. The van der Waals surface area contributed by atoms with E-state index in [0.29, 0.717) is 6.04 Å². The maximum atomic E-state index is 5.16. The first-order chi connectivity index (χ1) is 5.89. The van der Waals surface area contributed by atoms with Crippen molar-refractivity contribution in [2.75, 3.05) is 20.1 Å². The zero-order valence-corrected chi connectivity index (χ0v) is 9.87. The van der Waals surface area contributed by atoms with E-state index in [1.165, 1.54) is 4.86 Å². The summed E-state index contributed by atoms with van der Waals surface area (Å²) in [5.41, 5.74) is 0.256. The molecule has 1 aliphatic heterocycles. The summed E-state index contributed by atoms with van der Waals surface area (Å²) in [4.78, 5) is 3.55. The molecule has 0 spiro atoms. The Bertz CT molecular complexity index is 196. The van der Waals surface area contributed by atoms with E-state index in [9.17, 15) is 0 Å². The summed E-state index contributed by atoms with van der Waals surface area (Å²) in [7, 11) is 2.17. The number of rotatable bonds is 2. The van der Waals surface area contributed by atoms with Gasteiger partial charge in [0.25, 0.3) is 0 Å². The number of likely N-dealkylation sites (N-methyl/N-ethyl adjacent to an activating group) is 1. The van der Waals surface area contributed by atoms with Crippen molar-refractivity contribution < 1.29 is 0 Å². The highest BCUT2D eigenvalue weighted by molar-refractivity contribution is 7.80. The summed E-state index contributed by atoms with van der Waals surface area (Å²) in [6.45, 7) is 8.72. The number of hydrogen-bond acceptors (Lipinski definition) is 3. The molecule has 0 aromatic rings. The Morgan fingerprint density at radius 1 is 1.54 bits per heavy atom. The maximum Gasteiger partial charge on any atom is 0.0273 e. The number of nitrogens with one attached hydrogen (secondary N) is 1. The van der Waals surface area contributed by atoms with Crippen molar-refractivity contribution in [1.82, 2.24) is 10.2 Å². The summed E-state index contributed by atoms with van der Waals surface area (Å²) >= 11 is 5.16. The van der Waals surface area contributed by atoms with Crippen LogP contribution in [0.2, 0.25) is 0 Å². The number of thiocarbonyl (C=S) groups is 1. The topological polar surface area (TPSA) is 15.3 Å². The van der Waals surface area contributed by atoms with Crippen LogP contribution in [-0.2, 0) is 0 Å². The largest absolute Gasteiger partial charge is 0.308 e. The van der Waals surface area contributed by atoms with Crippen molar-refractivity contribution in [3.05, 3.63) is 0 Å². The van der Waals surface area contributed by atoms with Gasteiger partial charge in [0.15, 0.2) is 0 Å². The highest BCUT2D eigenvalue weighted by atomic mass is 32.1. The molecule has 0 amide bonds. The van der Waals surface area contributed by atoms with Crippen molar-refractivity contribution in [3.8, 4) is 0 Å². The zero-order chi connectivity index (χ0) is 10.1. The molecule has 1 saturated heterocycles. The van der Waals surface area contributed by atoms with Crippen LogP contribution in [0.3, 0.4) is 0 Å². The summed E-state index contributed by atoms with van der Waals surface area (Å²) in [6.07, 6.45) is 1.07. The van der Waals surface area contributed by atoms with Gasteiger partial charge in [0.1, 0.15) is 0 Å². The smallest absolute Gasteiger partial charge is 0.0273 e. The lowest BCUT2D eigenvalue weighted by Gasteiger charge is -2.33. The summed E-state index contributed by atoms with van der Waals surface area (Å²) in [5, 5.41) is 3.43. The van der Waals surface area contributed by atoms with Crippen LogP contribution in [0, 0.1) is 0 Å². The van der Waals surface area contributed by atoms with Crippen LogP contribution in [0.25, 0.3) is 0 Å². The lowest BCUT2D eigenvalue weighted by Crippen LogP contribution is -2.45. The second kappa shape index (κ2) is 4.03. The summed E-state index contributed by atoms with van der Waals surface area (Å²) in [5.74, 6) is 0. The summed E-state index contributed by atoms with van der Waals surface area (Å²) < 4.78 is 0. The fraction of sp³-hybridized carbons (Fsp3) is 0.900. The lowest BCUT2D eigenvalue weighted by molar-refractivity contribution is 0.162. The van der Waals surface area contributed by atoms with Gasteiger partial charge in [-0.2, -0.15) is 0 Å². The lowest BCUT2D eigenvalue weighted by atomic mass is 10.1. The van der Waals surface area contributed by atoms with Crippen molar-refractivity contribution in [2.24, 2.45) is 0 Å². The van der Waals surface area contributed by atoms with E-state index in [2.05, 4.69) is 38.0 Å². The van der Waals surface area contributed by atoms with E-state index >= 15 is 0 Å². The van der Waals surface area contributed by atoms with Gasteiger partial charge in [0, 0.05) is 29.5 Å². The fourth-order valence-electron chi connectivity index (χ4n) is 1.41. The minimum absolute atomic E-state index is 0.256. The number of hydrogen-bond donors (Lipinski definition) is 1. The van der Waals surface area contributed by atoms with Gasteiger partial charge in [-0.05, 0) is 34.2 Å². The minimum Gasteiger partial charge on any atom is -0.308 e. The Morgan fingerprint density at radius 2 is 2.15 bits per heavy atom. The first-order valence-electron chi connectivity index (χ1n) is 4.86. The molecule has 1 N–H and O–H groups in total. The van der Waals surface area contributed by atoms with Gasteiger partial charge in [-0.25, -0.2) is 0 Å². The molecule has 13 heavy (non-hydrogen) atoms. The van der Waals surface area contributed by atoms with Crippen LogP contribution in [0.1, 0.15) is 27.2 Å². The van der Waals surface area contributed by atoms with E-state index < -0.39 is 0 Å². The van der Waals surface area contributed by atoms with Crippen LogP contribution < -0.4 is 5.32 Å². The highest BCUT2D eigenvalue weighted by Gasteiger charge is 2.24. The standard InChI is InChI=1S/C10H20N2S/c1-10(2,3)12(4)7-8-5-9(13)6-11-8/h8,11H,5-7H2,1-4H3. The summed E-state index contributed by atoms with van der Waals surface area (Å²) in [6, 6.07) is 0.566. The molecular weight excluding hydrogens is 180 g/mol. The molecule has 0 bridgehead atoms. The minimum atomic E-state index is 0.256. The van der Waals surface area contributed by atoms with E-state index in [1.54, 1.807) is 0 Å². The molecule has 0 aliphatic carbocycles. The fourth-order valence-corrected chi connectivity index (χ4v) is 1.70. The van der Waals surface area contributed by atoms with Crippen molar-refractivity contribution in [1.29, 1.82) is 0 Å². The average molecular weight is 200 g/mol. The van der Waals surface area contributed by atoms with Gasteiger partial charge in [-0.15, -0.1) is 0 Å². The Hall–Kier alpha value is 0.01000. The molecule has 1 heterocycles. The first-order valence-corrected chi connectivity index (χ1v) is 5.27. The van der Waals surface area contributed by atoms with Crippen LogP contribution >= 0.6 is 12.2 Å². The Kier molecular flexibility index (Phi) is 3.44. The molecule has 76 valence electrons. The van der Waals surface area contributed by atoms with Crippen LogP contribution in [0.4, 0.5) is 0 Å². The first kappa shape index (κ1) is 11.1. The van der Waals surface area contributed by atoms with Crippen molar-refractivity contribution in [2.45, 2.75) is 38.8 Å². The predicted octanol–water partition coefficient (Wildman–Crippen LogP) is 1.45. The molecule has 0 radical (unpaired) electrons. The quantitative estimate of drug-likeness (QED) is 0.679. The third kappa shape index (κ3) is 3.33. The zero-order valence-electron chi connectivity index (χ0n) is 9.05. The molecule has 0 aromatic heterocycles. The second-order valence-corrected chi connectivity index (χ2v) is 5.45. The molecule has 1 rings (SSSR count). The second-order valence-electron chi connectivity index (χ2n) is 4.87. The predicted molar refractivity (Wildman–Crippen MR) is 61.4 cm³/mol. The molecule has 1 aliphatic rings. The molecular formula is C10H20N2S. The van der Waals surface area contributed by atoms with Crippen LogP contribution in [-0.4, -0.2) is 41.5 Å². The van der Waals surface area contributed by atoms with Crippen LogP contribution in [0.5, 0.6) is 0 Å². The molecule has 2 nitrogen and oxygen atoms in total. The number of nitrogens with zero attached hydrogens (tertiary/aromatic N) is 1. The Labute approximate surface area is 86.7 Å². The van der Waals surface area contributed by atoms with Gasteiger partial charge >= 0.3 is 0 Å². The van der Waals surface area contributed by atoms with Gasteiger partial charge in [0.2, 0.25) is 0 Å².